The summed E-state index contributed by atoms with van der Waals surface area (Å²) in [6.45, 7) is 3.54. The Labute approximate surface area is 92.1 Å². The number of rotatable bonds is 6. The van der Waals surface area contributed by atoms with E-state index in [-0.39, 0.29) is 0 Å². The molecule has 3 N–H and O–H groups in total. The van der Waals surface area contributed by atoms with E-state index in [1.807, 2.05) is 0 Å². The van der Waals surface area contributed by atoms with Gasteiger partial charge in [0.25, 0.3) is 0 Å². The Morgan fingerprint density at radius 1 is 1.40 bits per heavy atom. The molecule has 1 saturated heterocycles. The van der Waals surface area contributed by atoms with Gasteiger partial charge in [-0.05, 0) is 32.4 Å². The third kappa shape index (κ3) is 6.83. The zero-order chi connectivity index (χ0) is 11.1. The van der Waals surface area contributed by atoms with Crippen molar-refractivity contribution in [3.05, 3.63) is 0 Å². The molecule has 0 bridgehead atoms. The van der Waals surface area contributed by atoms with Crippen molar-refractivity contribution in [3.63, 3.8) is 0 Å². The van der Waals surface area contributed by atoms with Crippen LogP contribution in [-0.4, -0.2) is 46.9 Å². The normalized spacial score (nSPS) is 22.9. The van der Waals surface area contributed by atoms with Gasteiger partial charge in [0.15, 0.2) is 0 Å². The highest BCUT2D eigenvalue weighted by molar-refractivity contribution is 7.88. The summed E-state index contributed by atoms with van der Waals surface area (Å²) in [4.78, 5) is 0. The SMILES string of the molecule is CS(=O)(=O)NCCCNC1CCCNC1. The Kier molecular flexibility index (Phi) is 5.52. The van der Waals surface area contributed by atoms with E-state index in [1.54, 1.807) is 0 Å². The van der Waals surface area contributed by atoms with Gasteiger partial charge in [0.2, 0.25) is 10.0 Å². The van der Waals surface area contributed by atoms with Crippen molar-refractivity contribution in [1.82, 2.24) is 15.4 Å². The summed E-state index contributed by atoms with van der Waals surface area (Å²) < 4.78 is 24.0. The third-order valence-electron chi connectivity index (χ3n) is 2.45. The van der Waals surface area contributed by atoms with E-state index >= 15 is 0 Å². The van der Waals surface area contributed by atoms with Gasteiger partial charge in [0.05, 0.1) is 6.26 Å². The van der Waals surface area contributed by atoms with E-state index < -0.39 is 10.0 Å². The molecule has 1 atom stereocenters. The summed E-state index contributed by atoms with van der Waals surface area (Å²) in [5, 5.41) is 6.74. The predicted octanol–water partition coefficient (Wildman–Crippen LogP) is -0.733. The monoisotopic (exact) mass is 235 g/mol. The fourth-order valence-corrected chi connectivity index (χ4v) is 2.19. The zero-order valence-electron chi connectivity index (χ0n) is 9.25. The van der Waals surface area contributed by atoms with Crippen LogP contribution in [-0.2, 0) is 10.0 Å². The molecule has 1 aliphatic heterocycles. The fraction of sp³-hybridized carbons (Fsp3) is 1.00. The summed E-state index contributed by atoms with van der Waals surface area (Å²) in [5.41, 5.74) is 0. The van der Waals surface area contributed by atoms with Gasteiger partial charge in [-0.15, -0.1) is 0 Å². The molecule has 1 fully saturated rings. The average molecular weight is 235 g/mol. The van der Waals surface area contributed by atoms with Crippen LogP contribution < -0.4 is 15.4 Å². The molecule has 0 aliphatic carbocycles. The molecule has 0 aromatic heterocycles. The molecule has 0 aromatic carbocycles. The lowest BCUT2D eigenvalue weighted by molar-refractivity contribution is 0.388. The molecule has 0 aromatic rings. The van der Waals surface area contributed by atoms with Crippen molar-refractivity contribution in [3.8, 4) is 0 Å². The van der Waals surface area contributed by atoms with Gasteiger partial charge in [0, 0.05) is 19.1 Å². The van der Waals surface area contributed by atoms with E-state index in [1.165, 1.54) is 19.1 Å². The lowest BCUT2D eigenvalue weighted by Gasteiger charge is -2.23. The molecular formula is C9H21N3O2S. The molecule has 1 unspecified atom stereocenters. The van der Waals surface area contributed by atoms with E-state index in [0.717, 1.165) is 26.1 Å². The summed E-state index contributed by atoms with van der Waals surface area (Å²) in [5.74, 6) is 0. The molecule has 1 rings (SSSR count). The van der Waals surface area contributed by atoms with E-state index in [2.05, 4.69) is 15.4 Å². The lowest BCUT2D eigenvalue weighted by atomic mass is 10.1. The molecule has 1 heterocycles. The Hall–Kier alpha value is -0.170. The Balaban J connectivity index is 1.96. The summed E-state index contributed by atoms with van der Waals surface area (Å²) in [7, 11) is -3.02. The highest BCUT2D eigenvalue weighted by atomic mass is 32.2. The molecule has 0 spiro atoms. The van der Waals surface area contributed by atoms with Gasteiger partial charge < -0.3 is 10.6 Å². The number of hydrogen-bond donors (Lipinski definition) is 3. The highest BCUT2D eigenvalue weighted by Crippen LogP contribution is 2.00. The smallest absolute Gasteiger partial charge is 0.208 e. The van der Waals surface area contributed by atoms with E-state index in [0.29, 0.717) is 12.6 Å². The lowest BCUT2D eigenvalue weighted by Crippen LogP contribution is -2.43. The minimum absolute atomic E-state index is 0.520. The number of nitrogens with one attached hydrogen (secondary N) is 3. The molecule has 5 nitrogen and oxygen atoms in total. The fourth-order valence-electron chi connectivity index (χ4n) is 1.68. The Bertz CT molecular complexity index is 261. The van der Waals surface area contributed by atoms with Crippen molar-refractivity contribution >= 4 is 10.0 Å². The third-order valence-corrected chi connectivity index (χ3v) is 3.18. The summed E-state index contributed by atoms with van der Waals surface area (Å²) in [6, 6.07) is 0.553. The minimum atomic E-state index is -3.02. The largest absolute Gasteiger partial charge is 0.315 e. The average Bonchev–Trinajstić information content (AvgIpc) is 2.17. The van der Waals surface area contributed by atoms with Gasteiger partial charge in [-0.3, -0.25) is 0 Å². The van der Waals surface area contributed by atoms with Crippen LogP contribution in [0.1, 0.15) is 19.3 Å². The maximum atomic E-state index is 10.8. The van der Waals surface area contributed by atoms with Gasteiger partial charge in [-0.1, -0.05) is 0 Å². The van der Waals surface area contributed by atoms with Crippen molar-refractivity contribution < 1.29 is 8.42 Å². The van der Waals surface area contributed by atoms with Crippen LogP contribution in [0.5, 0.6) is 0 Å². The van der Waals surface area contributed by atoms with Crippen LogP contribution in [0.2, 0.25) is 0 Å². The second-order valence-electron chi connectivity index (χ2n) is 4.02. The van der Waals surface area contributed by atoms with Gasteiger partial charge in [0.1, 0.15) is 0 Å². The first-order valence-corrected chi connectivity index (χ1v) is 7.36. The highest BCUT2D eigenvalue weighted by Gasteiger charge is 2.11. The molecule has 0 amide bonds. The van der Waals surface area contributed by atoms with Crippen LogP contribution >= 0.6 is 0 Å². The molecule has 15 heavy (non-hydrogen) atoms. The topological polar surface area (TPSA) is 70.2 Å². The van der Waals surface area contributed by atoms with Crippen molar-refractivity contribution in [1.29, 1.82) is 0 Å². The molecule has 1 aliphatic rings. The van der Waals surface area contributed by atoms with Crippen molar-refractivity contribution in [2.24, 2.45) is 0 Å². The van der Waals surface area contributed by atoms with Crippen molar-refractivity contribution in [2.45, 2.75) is 25.3 Å². The first-order chi connectivity index (χ1) is 7.08. The second kappa shape index (κ2) is 6.42. The second-order valence-corrected chi connectivity index (χ2v) is 5.85. The quantitative estimate of drug-likeness (QED) is 0.531. The summed E-state index contributed by atoms with van der Waals surface area (Å²) >= 11 is 0. The first-order valence-electron chi connectivity index (χ1n) is 5.47. The van der Waals surface area contributed by atoms with Crippen LogP contribution in [0, 0.1) is 0 Å². The number of sulfonamides is 1. The molecular weight excluding hydrogens is 214 g/mol. The van der Waals surface area contributed by atoms with Gasteiger partial charge >= 0.3 is 0 Å². The van der Waals surface area contributed by atoms with E-state index in [9.17, 15) is 8.42 Å². The predicted molar refractivity (Wildman–Crippen MR) is 61.4 cm³/mol. The van der Waals surface area contributed by atoms with Crippen LogP contribution in [0.4, 0.5) is 0 Å². The standard InChI is InChI=1S/C9H21N3O2S/c1-15(13,14)12-7-3-6-11-9-4-2-5-10-8-9/h9-12H,2-8H2,1H3. The van der Waals surface area contributed by atoms with E-state index in [4.69, 9.17) is 0 Å². The molecule has 90 valence electrons. The molecule has 6 heteroatoms. The maximum absolute atomic E-state index is 10.8. The Morgan fingerprint density at radius 3 is 2.80 bits per heavy atom. The van der Waals surface area contributed by atoms with Crippen LogP contribution in [0.25, 0.3) is 0 Å². The van der Waals surface area contributed by atoms with Crippen molar-refractivity contribution in [2.75, 3.05) is 32.4 Å². The van der Waals surface area contributed by atoms with Crippen LogP contribution in [0.15, 0.2) is 0 Å². The number of piperidine rings is 1. The minimum Gasteiger partial charge on any atom is -0.315 e. The maximum Gasteiger partial charge on any atom is 0.208 e. The van der Waals surface area contributed by atoms with Gasteiger partial charge in [-0.2, -0.15) is 0 Å². The van der Waals surface area contributed by atoms with Gasteiger partial charge in [-0.25, -0.2) is 13.1 Å². The molecule has 0 saturated carbocycles. The zero-order valence-corrected chi connectivity index (χ0v) is 10.1. The first kappa shape index (κ1) is 12.9. The number of hydrogen-bond acceptors (Lipinski definition) is 4. The Morgan fingerprint density at radius 2 is 2.20 bits per heavy atom. The molecule has 0 radical (unpaired) electrons. The summed E-state index contributed by atoms with van der Waals surface area (Å²) in [6.07, 6.45) is 4.46. The van der Waals surface area contributed by atoms with Crippen LogP contribution in [0.3, 0.4) is 0 Å².